The van der Waals surface area contributed by atoms with Gasteiger partial charge >= 0.3 is 0 Å². The Labute approximate surface area is 200 Å². The van der Waals surface area contributed by atoms with Gasteiger partial charge < -0.3 is 24.7 Å². The van der Waals surface area contributed by atoms with Gasteiger partial charge in [-0.15, -0.1) is 0 Å². The van der Waals surface area contributed by atoms with Crippen LogP contribution < -0.4 is 10.1 Å². The first kappa shape index (κ1) is 24.5. The maximum Gasteiger partial charge on any atom is 0.251 e. The van der Waals surface area contributed by atoms with Crippen molar-refractivity contribution in [1.82, 2.24) is 15.1 Å². The molecule has 2 fully saturated rings. The molecule has 1 saturated heterocycles. The molecule has 9 nitrogen and oxygen atoms in total. The molecule has 3 N–H and O–H groups in total. The first-order valence-electron chi connectivity index (χ1n) is 12.5. The van der Waals surface area contributed by atoms with Gasteiger partial charge in [0.1, 0.15) is 17.5 Å². The molecule has 1 aliphatic carbocycles. The van der Waals surface area contributed by atoms with Crippen LogP contribution in [0.4, 0.5) is 5.69 Å². The van der Waals surface area contributed by atoms with E-state index in [9.17, 15) is 19.8 Å². The van der Waals surface area contributed by atoms with E-state index in [4.69, 9.17) is 4.74 Å². The van der Waals surface area contributed by atoms with Gasteiger partial charge in [0, 0.05) is 31.1 Å². The molecular formula is C25H36N4O5. The third-order valence-corrected chi connectivity index (χ3v) is 7.10. The number of ether oxygens (including phenoxy) is 1. The average molecular weight is 473 g/mol. The lowest BCUT2D eigenvalue weighted by Gasteiger charge is -2.34. The lowest BCUT2D eigenvalue weighted by Crippen LogP contribution is -2.43. The molecule has 1 atom stereocenters. The standard InChI is InChI=1S/C25H36N4O5/c1-17-10-11-21(23-19(17)15-29-20(16-31)24(33)27-25(29)26-23)34-14-6-5-9-22(32)28(12-13-30)18-7-3-2-4-8-18/h10-11,18,20,30-31H,2-9,12-16H2,1H3,(H,26,27,33). The number of benzene rings is 1. The van der Waals surface area contributed by atoms with Crippen LogP contribution in [0.1, 0.15) is 62.5 Å². The van der Waals surface area contributed by atoms with Crippen molar-refractivity contribution in [1.29, 1.82) is 0 Å². The molecule has 0 spiro atoms. The number of aliphatic hydroxyl groups excluding tert-OH is 2. The first-order chi connectivity index (χ1) is 16.5. The number of unbranched alkanes of at least 4 members (excludes halogenated alkanes) is 1. The van der Waals surface area contributed by atoms with E-state index in [1.54, 1.807) is 4.90 Å². The number of rotatable bonds is 10. The second-order valence-corrected chi connectivity index (χ2v) is 9.37. The van der Waals surface area contributed by atoms with Crippen LogP contribution >= 0.6 is 0 Å². The molecule has 1 aromatic rings. The zero-order chi connectivity index (χ0) is 24.1. The number of nitrogens with one attached hydrogen (secondary N) is 1. The number of aliphatic hydroxyl groups is 2. The summed E-state index contributed by atoms with van der Waals surface area (Å²) in [6, 6.07) is 3.52. The summed E-state index contributed by atoms with van der Waals surface area (Å²) in [5.41, 5.74) is 2.75. The summed E-state index contributed by atoms with van der Waals surface area (Å²) in [5.74, 6) is 0.979. The Morgan fingerprint density at radius 3 is 2.76 bits per heavy atom. The normalized spacial score (nSPS) is 19.9. The summed E-state index contributed by atoms with van der Waals surface area (Å²) in [6.45, 7) is 3.11. The second kappa shape index (κ2) is 11.2. The van der Waals surface area contributed by atoms with Gasteiger partial charge in [-0.25, -0.2) is 4.99 Å². The lowest BCUT2D eigenvalue weighted by molar-refractivity contribution is -0.135. The smallest absolute Gasteiger partial charge is 0.251 e. The Morgan fingerprint density at radius 1 is 1.24 bits per heavy atom. The summed E-state index contributed by atoms with van der Waals surface area (Å²) >= 11 is 0. The molecule has 1 saturated carbocycles. The number of carbonyl (C=O) groups excluding carboxylic acids is 2. The van der Waals surface area contributed by atoms with Gasteiger partial charge in [0.15, 0.2) is 0 Å². The van der Waals surface area contributed by atoms with Crippen molar-refractivity contribution in [2.45, 2.75) is 76.9 Å². The molecule has 0 radical (unpaired) electrons. The summed E-state index contributed by atoms with van der Waals surface area (Å²) < 4.78 is 6.04. The SMILES string of the molecule is Cc1ccc(OCCCCC(=O)N(CCO)C2CCCCC2)c2c1CN1C(=N2)NC(=O)C1CO. The molecular weight excluding hydrogens is 436 g/mol. The maximum atomic E-state index is 12.8. The van der Waals surface area contributed by atoms with Crippen molar-refractivity contribution in [2.24, 2.45) is 4.99 Å². The Kier molecular flexibility index (Phi) is 8.05. The van der Waals surface area contributed by atoms with Crippen LogP contribution in [0.3, 0.4) is 0 Å². The molecule has 9 heteroatoms. The van der Waals surface area contributed by atoms with Gasteiger partial charge in [-0.1, -0.05) is 25.3 Å². The summed E-state index contributed by atoms with van der Waals surface area (Å²) in [7, 11) is 0. The summed E-state index contributed by atoms with van der Waals surface area (Å²) in [5, 5.41) is 21.7. The second-order valence-electron chi connectivity index (χ2n) is 9.37. The predicted octanol–water partition coefficient (Wildman–Crippen LogP) is 1.99. The Balaban J connectivity index is 1.31. The van der Waals surface area contributed by atoms with E-state index in [-0.39, 0.29) is 31.1 Å². The third-order valence-electron chi connectivity index (χ3n) is 7.10. The predicted molar refractivity (Wildman–Crippen MR) is 128 cm³/mol. The van der Waals surface area contributed by atoms with E-state index in [1.165, 1.54) is 6.42 Å². The van der Waals surface area contributed by atoms with Crippen LogP contribution in [0.15, 0.2) is 17.1 Å². The van der Waals surface area contributed by atoms with Crippen molar-refractivity contribution in [2.75, 3.05) is 26.4 Å². The number of aryl methyl sites for hydroxylation is 1. The number of nitrogens with zero attached hydrogens (tertiary/aromatic N) is 3. The van der Waals surface area contributed by atoms with Gasteiger partial charge in [0.25, 0.3) is 5.91 Å². The Morgan fingerprint density at radius 2 is 2.03 bits per heavy atom. The van der Waals surface area contributed by atoms with Crippen LogP contribution in [0.5, 0.6) is 5.75 Å². The van der Waals surface area contributed by atoms with Gasteiger partial charge in [-0.3, -0.25) is 14.9 Å². The Hall–Kier alpha value is -2.65. The van der Waals surface area contributed by atoms with E-state index in [1.807, 2.05) is 24.0 Å². The van der Waals surface area contributed by atoms with Crippen molar-refractivity contribution in [3.8, 4) is 5.75 Å². The molecule has 2 amide bonds. The largest absolute Gasteiger partial charge is 0.491 e. The van der Waals surface area contributed by atoms with E-state index in [2.05, 4.69) is 10.3 Å². The fourth-order valence-electron chi connectivity index (χ4n) is 5.16. The molecule has 1 aromatic carbocycles. The highest BCUT2D eigenvalue weighted by Gasteiger charge is 2.39. The monoisotopic (exact) mass is 472 g/mol. The van der Waals surface area contributed by atoms with Crippen molar-refractivity contribution in [3.63, 3.8) is 0 Å². The molecule has 2 heterocycles. The minimum absolute atomic E-state index is 0.00330. The number of hydrogen-bond acceptors (Lipinski definition) is 7. The van der Waals surface area contributed by atoms with Crippen LogP contribution in [0.25, 0.3) is 0 Å². The van der Waals surface area contributed by atoms with Crippen molar-refractivity contribution >= 4 is 23.5 Å². The highest BCUT2D eigenvalue weighted by atomic mass is 16.5. The minimum Gasteiger partial charge on any atom is -0.491 e. The minimum atomic E-state index is -0.618. The molecule has 3 aliphatic rings. The number of aliphatic imine (C=N–C) groups is 1. The quantitative estimate of drug-likeness (QED) is 0.449. The molecule has 186 valence electrons. The third kappa shape index (κ3) is 5.20. The molecule has 4 rings (SSSR count). The molecule has 0 aromatic heterocycles. The lowest BCUT2D eigenvalue weighted by atomic mass is 9.94. The molecule has 2 aliphatic heterocycles. The molecule has 1 unspecified atom stereocenters. The number of fused-ring (bicyclic) bond motifs is 2. The average Bonchev–Trinajstić information content (AvgIpc) is 3.16. The van der Waals surface area contributed by atoms with Crippen molar-refractivity contribution < 1.29 is 24.5 Å². The maximum absolute atomic E-state index is 12.8. The van der Waals surface area contributed by atoms with E-state index >= 15 is 0 Å². The van der Waals surface area contributed by atoms with E-state index in [0.717, 1.165) is 49.7 Å². The van der Waals surface area contributed by atoms with Crippen LogP contribution in [0.2, 0.25) is 0 Å². The number of hydrogen-bond donors (Lipinski definition) is 3. The van der Waals surface area contributed by atoms with Gasteiger partial charge in [-0.2, -0.15) is 0 Å². The highest BCUT2D eigenvalue weighted by molar-refractivity contribution is 6.08. The van der Waals surface area contributed by atoms with E-state index < -0.39 is 6.04 Å². The zero-order valence-corrected chi connectivity index (χ0v) is 20.0. The van der Waals surface area contributed by atoms with Crippen LogP contribution in [0, 0.1) is 6.92 Å². The van der Waals surface area contributed by atoms with E-state index in [0.29, 0.717) is 43.5 Å². The van der Waals surface area contributed by atoms with Gasteiger partial charge in [0.2, 0.25) is 11.9 Å². The molecule has 34 heavy (non-hydrogen) atoms. The summed E-state index contributed by atoms with van der Waals surface area (Å²) in [4.78, 5) is 33.2. The van der Waals surface area contributed by atoms with Crippen LogP contribution in [-0.2, 0) is 16.1 Å². The van der Waals surface area contributed by atoms with Crippen molar-refractivity contribution in [3.05, 3.63) is 23.3 Å². The number of guanidine groups is 1. The topological polar surface area (TPSA) is 115 Å². The first-order valence-corrected chi connectivity index (χ1v) is 12.5. The van der Waals surface area contributed by atoms with Gasteiger partial charge in [0.05, 0.1) is 19.8 Å². The molecule has 0 bridgehead atoms. The van der Waals surface area contributed by atoms with Gasteiger partial charge in [-0.05, 0) is 44.2 Å². The number of amides is 2. The number of carbonyl (C=O) groups is 2. The summed E-state index contributed by atoms with van der Waals surface area (Å²) in [6.07, 6.45) is 7.52. The fraction of sp³-hybridized carbons (Fsp3) is 0.640. The zero-order valence-electron chi connectivity index (χ0n) is 20.0. The Bertz CT molecular complexity index is 928. The highest BCUT2D eigenvalue weighted by Crippen LogP contribution is 2.39. The fourth-order valence-corrected chi connectivity index (χ4v) is 5.16. The van der Waals surface area contributed by atoms with Crippen LogP contribution in [-0.4, -0.2) is 76.2 Å².